The molecule has 2 aliphatic rings. The SMILES string of the molecule is CCC(C)(NC(=O)C1CC(=O)N(c2ccc3c(c2)OCCO3)C1)C(=O)O. The predicted octanol–water partition coefficient (Wildman–Crippen LogP) is 1.18. The van der Waals surface area contributed by atoms with Crippen molar-refractivity contribution in [1.29, 1.82) is 0 Å². The van der Waals surface area contributed by atoms with Gasteiger partial charge >= 0.3 is 5.97 Å². The van der Waals surface area contributed by atoms with Gasteiger partial charge in [-0.25, -0.2) is 4.79 Å². The summed E-state index contributed by atoms with van der Waals surface area (Å²) in [5.74, 6) is -1.11. The van der Waals surface area contributed by atoms with E-state index in [-0.39, 0.29) is 25.3 Å². The van der Waals surface area contributed by atoms with Gasteiger partial charge in [0.25, 0.3) is 0 Å². The number of nitrogens with one attached hydrogen (secondary N) is 1. The van der Waals surface area contributed by atoms with Gasteiger partial charge in [-0.2, -0.15) is 0 Å². The van der Waals surface area contributed by atoms with E-state index in [2.05, 4.69) is 5.32 Å². The minimum Gasteiger partial charge on any atom is -0.486 e. The second-order valence-corrected chi connectivity index (χ2v) is 6.71. The van der Waals surface area contributed by atoms with Crippen molar-refractivity contribution >= 4 is 23.5 Å². The number of amides is 2. The smallest absolute Gasteiger partial charge is 0.329 e. The van der Waals surface area contributed by atoms with Crippen LogP contribution in [-0.4, -0.2) is 48.2 Å². The van der Waals surface area contributed by atoms with Gasteiger partial charge in [-0.3, -0.25) is 9.59 Å². The average Bonchev–Trinajstić information content (AvgIpc) is 3.03. The van der Waals surface area contributed by atoms with Crippen LogP contribution in [0.2, 0.25) is 0 Å². The molecule has 2 heterocycles. The topological polar surface area (TPSA) is 105 Å². The summed E-state index contributed by atoms with van der Waals surface area (Å²) in [6, 6.07) is 5.21. The zero-order chi connectivity index (χ0) is 18.9. The minimum atomic E-state index is -1.34. The molecule has 1 saturated heterocycles. The summed E-state index contributed by atoms with van der Waals surface area (Å²) >= 11 is 0. The summed E-state index contributed by atoms with van der Waals surface area (Å²) in [4.78, 5) is 37.8. The number of carbonyl (C=O) groups excluding carboxylic acids is 2. The van der Waals surface area contributed by atoms with Crippen LogP contribution < -0.4 is 19.7 Å². The normalized spacial score (nSPS) is 21.2. The summed E-state index contributed by atoms with van der Waals surface area (Å²) in [5, 5.41) is 11.9. The first-order valence-electron chi connectivity index (χ1n) is 8.59. The van der Waals surface area contributed by atoms with Crippen molar-refractivity contribution in [2.24, 2.45) is 5.92 Å². The molecule has 0 aromatic heterocycles. The van der Waals surface area contributed by atoms with E-state index >= 15 is 0 Å². The molecule has 1 aromatic carbocycles. The van der Waals surface area contributed by atoms with E-state index in [0.717, 1.165) is 0 Å². The van der Waals surface area contributed by atoms with E-state index in [9.17, 15) is 19.5 Å². The number of ether oxygens (including phenoxy) is 2. The van der Waals surface area contributed by atoms with Gasteiger partial charge in [0.1, 0.15) is 18.8 Å². The van der Waals surface area contributed by atoms with Gasteiger partial charge in [0.05, 0.1) is 5.92 Å². The van der Waals surface area contributed by atoms with Crippen LogP contribution in [0.5, 0.6) is 11.5 Å². The van der Waals surface area contributed by atoms with E-state index in [1.807, 2.05) is 0 Å². The van der Waals surface area contributed by atoms with Crippen molar-refractivity contribution in [1.82, 2.24) is 5.32 Å². The molecule has 0 aliphatic carbocycles. The monoisotopic (exact) mass is 362 g/mol. The number of nitrogens with zero attached hydrogens (tertiary/aromatic N) is 1. The number of anilines is 1. The van der Waals surface area contributed by atoms with Crippen molar-refractivity contribution in [3.05, 3.63) is 18.2 Å². The van der Waals surface area contributed by atoms with E-state index in [1.54, 1.807) is 25.1 Å². The molecule has 26 heavy (non-hydrogen) atoms. The number of fused-ring (bicyclic) bond motifs is 1. The Balaban J connectivity index is 1.72. The second kappa shape index (κ2) is 6.86. The van der Waals surface area contributed by atoms with Crippen LogP contribution in [0.4, 0.5) is 5.69 Å². The molecule has 1 fully saturated rings. The first-order valence-corrected chi connectivity index (χ1v) is 8.59. The Morgan fingerprint density at radius 2 is 2.00 bits per heavy atom. The third-order valence-electron chi connectivity index (χ3n) is 4.91. The summed E-state index contributed by atoms with van der Waals surface area (Å²) in [6.45, 7) is 4.28. The Bertz CT molecular complexity index is 749. The zero-order valence-electron chi connectivity index (χ0n) is 14.8. The van der Waals surface area contributed by atoms with E-state index in [4.69, 9.17) is 9.47 Å². The van der Waals surface area contributed by atoms with Crippen LogP contribution in [0, 0.1) is 5.92 Å². The van der Waals surface area contributed by atoms with Gasteiger partial charge in [0.15, 0.2) is 11.5 Å². The standard InChI is InChI=1S/C18H22N2O6/c1-3-18(2,17(23)24)19-16(22)11-8-15(21)20(10-11)12-4-5-13-14(9-12)26-7-6-25-13/h4-5,9,11H,3,6-8,10H2,1-2H3,(H,19,22)(H,23,24). The summed E-state index contributed by atoms with van der Waals surface area (Å²) in [6.07, 6.45) is 0.292. The Hall–Kier alpha value is -2.77. The number of carboxylic acids is 1. The highest BCUT2D eigenvalue weighted by molar-refractivity contribution is 6.01. The number of carboxylic acid groups (broad SMARTS) is 1. The molecule has 0 bridgehead atoms. The highest BCUT2D eigenvalue weighted by Crippen LogP contribution is 2.36. The van der Waals surface area contributed by atoms with Crippen LogP contribution in [0.3, 0.4) is 0 Å². The van der Waals surface area contributed by atoms with Crippen LogP contribution in [0.25, 0.3) is 0 Å². The molecule has 2 amide bonds. The third-order valence-corrected chi connectivity index (χ3v) is 4.91. The highest BCUT2D eigenvalue weighted by atomic mass is 16.6. The number of aliphatic carboxylic acids is 1. The van der Waals surface area contributed by atoms with Gasteiger partial charge in [0.2, 0.25) is 11.8 Å². The van der Waals surface area contributed by atoms with Gasteiger partial charge in [-0.1, -0.05) is 6.92 Å². The van der Waals surface area contributed by atoms with Gasteiger partial charge in [-0.05, 0) is 25.5 Å². The van der Waals surface area contributed by atoms with Crippen LogP contribution in [0.15, 0.2) is 18.2 Å². The molecule has 140 valence electrons. The summed E-state index contributed by atoms with van der Waals surface area (Å²) < 4.78 is 11.0. The molecule has 1 aromatic rings. The molecule has 2 atom stereocenters. The van der Waals surface area contributed by atoms with Gasteiger partial charge in [0, 0.05) is 24.7 Å². The molecule has 0 spiro atoms. The Morgan fingerprint density at radius 3 is 2.65 bits per heavy atom. The van der Waals surface area contributed by atoms with Crippen molar-refractivity contribution in [3.63, 3.8) is 0 Å². The molecule has 8 nitrogen and oxygen atoms in total. The molecule has 8 heteroatoms. The summed E-state index contributed by atoms with van der Waals surface area (Å²) in [5.41, 5.74) is -0.712. The molecular weight excluding hydrogens is 340 g/mol. The highest BCUT2D eigenvalue weighted by Gasteiger charge is 2.40. The molecule has 2 aliphatic heterocycles. The molecule has 0 radical (unpaired) electrons. The van der Waals surface area contributed by atoms with E-state index in [0.29, 0.717) is 30.4 Å². The first kappa shape index (κ1) is 18.0. The fourth-order valence-corrected chi connectivity index (χ4v) is 3.00. The fraction of sp³-hybridized carbons (Fsp3) is 0.500. The Morgan fingerprint density at radius 1 is 1.31 bits per heavy atom. The molecule has 3 rings (SSSR count). The lowest BCUT2D eigenvalue weighted by molar-refractivity contribution is -0.147. The lowest BCUT2D eigenvalue weighted by atomic mass is 9.97. The Labute approximate surface area is 151 Å². The van der Waals surface area contributed by atoms with Crippen LogP contribution in [0.1, 0.15) is 26.7 Å². The zero-order valence-corrected chi connectivity index (χ0v) is 14.8. The molecular formula is C18H22N2O6. The van der Waals surface area contributed by atoms with Crippen molar-refractivity contribution in [3.8, 4) is 11.5 Å². The van der Waals surface area contributed by atoms with Gasteiger partial charge < -0.3 is 24.8 Å². The number of benzene rings is 1. The van der Waals surface area contributed by atoms with Crippen molar-refractivity contribution in [2.45, 2.75) is 32.2 Å². The number of rotatable bonds is 5. The average molecular weight is 362 g/mol. The third kappa shape index (κ3) is 3.31. The maximum Gasteiger partial charge on any atom is 0.329 e. The maximum atomic E-state index is 12.5. The molecule has 2 unspecified atom stereocenters. The Kier molecular flexibility index (Phi) is 4.76. The molecule has 2 N–H and O–H groups in total. The van der Waals surface area contributed by atoms with Gasteiger partial charge in [-0.15, -0.1) is 0 Å². The quantitative estimate of drug-likeness (QED) is 0.815. The van der Waals surface area contributed by atoms with Crippen LogP contribution in [-0.2, 0) is 14.4 Å². The largest absolute Gasteiger partial charge is 0.486 e. The number of carbonyl (C=O) groups is 3. The first-order chi connectivity index (χ1) is 12.3. The number of hydrogen-bond acceptors (Lipinski definition) is 5. The lowest BCUT2D eigenvalue weighted by Crippen LogP contribution is -2.53. The van der Waals surface area contributed by atoms with E-state index in [1.165, 1.54) is 11.8 Å². The summed E-state index contributed by atoms with van der Waals surface area (Å²) in [7, 11) is 0. The minimum absolute atomic E-state index is 0.0414. The fourth-order valence-electron chi connectivity index (χ4n) is 3.00. The lowest BCUT2D eigenvalue weighted by Gasteiger charge is -2.26. The maximum absolute atomic E-state index is 12.5. The predicted molar refractivity (Wildman–Crippen MR) is 92.4 cm³/mol. The second-order valence-electron chi connectivity index (χ2n) is 6.71. The van der Waals surface area contributed by atoms with Crippen molar-refractivity contribution < 1.29 is 29.0 Å². The molecule has 0 saturated carbocycles. The van der Waals surface area contributed by atoms with Crippen LogP contribution >= 0.6 is 0 Å². The van der Waals surface area contributed by atoms with E-state index < -0.39 is 23.3 Å². The number of hydrogen-bond donors (Lipinski definition) is 2. The van der Waals surface area contributed by atoms with Crippen molar-refractivity contribution in [2.75, 3.05) is 24.7 Å².